The van der Waals surface area contributed by atoms with Gasteiger partial charge < -0.3 is 25.1 Å². The predicted octanol–water partition coefficient (Wildman–Crippen LogP) is 5.44. The number of ether oxygens (including phenoxy) is 2. The number of methoxy groups -OCH3 is 2. The van der Waals surface area contributed by atoms with Crippen LogP contribution in [0.2, 0.25) is 0 Å². The summed E-state index contributed by atoms with van der Waals surface area (Å²) >= 11 is 0. The first-order valence-electron chi connectivity index (χ1n) is 13.0. The van der Waals surface area contributed by atoms with Gasteiger partial charge in [0.15, 0.2) is 11.5 Å². The number of urea groups is 1. The zero-order valence-corrected chi connectivity index (χ0v) is 20.6. The number of aromatic nitrogens is 1. The number of fused-ring (bicyclic) bond motifs is 1. The molecule has 1 unspecified atom stereocenters. The Labute approximate surface area is 206 Å². The second-order valence-corrected chi connectivity index (χ2v) is 10.7. The second-order valence-electron chi connectivity index (χ2n) is 10.7. The van der Waals surface area contributed by atoms with E-state index in [1.165, 1.54) is 32.1 Å². The summed E-state index contributed by atoms with van der Waals surface area (Å²) in [5, 5.41) is 7.75. The Hall–Kier alpha value is -3.15. The predicted molar refractivity (Wildman–Crippen MR) is 137 cm³/mol. The quantitative estimate of drug-likeness (QED) is 0.428. The number of carbonyl (C=O) groups excluding carboxylic acids is 1. The summed E-state index contributed by atoms with van der Waals surface area (Å²) in [6, 6.07) is 14.5. The van der Waals surface area contributed by atoms with Crippen molar-refractivity contribution in [3.8, 4) is 11.5 Å². The van der Waals surface area contributed by atoms with Crippen LogP contribution in [0.5, 0.6) is 11.5 Å². The molecule has 1 atom stereocenters. The average molecular weight is 474 g/mol. The average Bonchev–Trinajstić information content (AvgIpc) is 3.29. The van der Waals surface area contributed by atoms with E-state index in [4.69, 9.17) is 9.47 Å². The highest BCUT2D eigenvalue weighted by Gasteiger charge is 2.48. The van der Waals surface area contributed by atoms with Gasteiger partial charge in [0.1, 0.15) is 0 Å². The van der Waals surface area contributed by atoms with E-state index in [-0.39, 0.29) is 11.9 Å². The number of para-hydroxylation sites is 2. The van der Waals surface area contributed by atoms with Crippen LogP contribution >= 0.6 is 0 Å². The van der Waals surface area contributed by atoms with Crippen LogP contribution in [0.15, 0.2) is 48.7 Å². The summed E-state index contributed by atoms with van der Waals surface area (Å²) in [5.74, 6) is 4.39. The van der Waals surface area contributed by atoms with Crippen LogP contribution in [-0.4, -0.2) is 37.8 Å². The molecule has 184 valence electrons. The molecule has 1 aromatic heterocycles. The molecule has 4 fully saturated rings. The van der Waals surface area contributed by atoms with Gasteiger partial charge in [-0.2, -0.15) is 0 Å². The molecule has 3 aromatic rings. The highest BCUT2D eigenvalue weighted by atomic mass is 16.5. The summed E-state index contributed by atoms with van der Waals surface area (Å²) < 4.78 is 11.4. The number of rotatable bonds is 7. The highest BCUT2D eigenvalue weighted by Crippen LogP contribution is 2.53. The second kappa shape index (κ2) is 9.14. The molecule has 0 saturated heterocycles. The summed E-state index contributed by atoms with van der Waals surface area (Å²) in [7, 11) is 3.32. The van der Waals surface area contributed by atoms with Gasteiger partial charge in [0.25, 0.3) is 0 Å². The Morgan fingerprint density at radius 3 is 2.40 bits per heavy atom. The largest absolute Gasteiger partial charge is 0.493 e. The third-order valence-corrected chi connectivity index (χ3v) is 8.80. The summed E-state index contributed by atoms with van der Waals surface area (Å²) in [6.45, 7) is 0.463. The molecule has 0 spiro atoms. The first kappa shape index (κ1) is 22.3. The van der Waals surface area contributed by atoms with E-state index in [2.05, 4.69) is 33.8 Å². The van der Waals surface area contributed by atoms with Crippen LogP contribution in [0.25, 0.3) is 10.9 Å². The van der Waals surface area contributed by atoms with Crippen LogP contribution in [0.3, 0.4) is 0 Å². The Balaban J connectivity index is 1.25. The van der Waals surface area contributed by atoms with Crippen molar-refractivity contribution in [3.63, 3.8) is 0 Å². The number of aromatic amines is 1. The van der Waals surface area contributed by atoms with Crippen molar-refractivity contribution in [1.29, 1.82) is 0 Å². The molecule has 35 heavy (non-hydrogen) atoms. The normalized spacial score (nSPS) is 27.5. The standard InChI is InChI=1S/C29H35N3O3/c1-34-26-9-5-7-22(28(26)35-2)24(23-15-30-25-8-4-3-6-21(23)25)16-31-29(33)32-27-19-11-17-10-18(13-19)14-20(27)12-17/h3-9,15,17-20,24,27,30H,10-14,16H2,1-2H3,(H2,31,32,33). The van der Waals surface area contributed by atoms with E-state index >= 15 is 0 Å². The van der Waals surface area contributed by atoms with Gasteiger partial charge in [0.2, 0.25) is 0 Å². The van der Waals surface area contributed by atoms with Gasteiger partial charge in [-0.05, 0) is 73.5 Å². The number of nitrogens with one attached hydrogen (secondary N) is 3. The molecule has 6 nitrogen and oxygen atoms in total. The van der Waals surface area contributed by atoms with Crippen molar-refractivity contribution >= 4 is 16.9 Å². The minimum Gasteiger partial charge on any atom is -0.493 e. The minimum atomic E-state index is -0.0968. The van der Waals surface area contributed by atoms with Gasteiger partial charge in [0, 0.05) is 41.2 Å². The van der Waals surface area contributed by atoms with E-state index in [1.54, 1.807) is 14.2 Å². The lowest BCUT2D eigenvalue weighted by molar-refractivity contribution is -0.00941. The maximum Gasteiger partial charge on any atom is 0.315 e. The fourth-order valence-corrected chi connectivity index (χ4v) is 7.51. The van der Waals surface area contributed by atoms with Gasteiger partial charge in [-0.1, -0.05) is 30.3 Å². The van der Waals surface area contributed by atoms with E-state index in [1.807, 2.05) is 30.5 Å². The Kier molecular flexibility index (Phi) is 5.83. The van der Waals surface area contributed by atoms with Crippen molar-refractivity contribution < 1.29 is 14.3 Å². The van der Waals surface area contributed by atoms with Crippen LogP contribution in [0.1, 0.15) is 49.1 Å². The lowest BCUT2D eigenvalue weighted by Gasteiger charge is -2.54. The van der Waals surface area contributed by atoms with Crippen molar-refractivity contribution in [2.75, 3.05) is 20.8 Å². The molecule has 0 radical (unpaired) electrons. The number of amides is 2. The SMILES string of the molecule is COc1cccc(C(CNC(=O)NC2C3CC4CC(C3)CC2C4)c2c[nH]c3ccccc23)c1OC. The molecule has 3 N–H and O–H groups in total. The summed E-state index contributed by atoms with van der Waals surface area (Å²) in [6.07, 6.45) is 8.62. The zero-order chi connectivity index (χ0) is 23.9. The summed E-state index contributed by atoms with van der Waals surface area (Å²) in [5.41, 5.74) is 3.20. The minimum absolute atomic E-state index is 0.0609. The Morgan fingerprint density at radius 2 is 1.69 bits per heavy atom. The molecule has 1 heterocycles. The topological polar surface area (TPSA) is 75.4 Å². The molecule has 2 aromatic carbocycles. The molecule has 4 saturated carbocycles. The highest BCUT2D eigenvalue weighted by molar-refractivity contribution is 5.84. The molecule has 4 bridgehead atoms. The maximum atomic E-state index is 13.2. The Morgan fingerprint density at radius 1 is 0.943 bits per heavy atom. The lowest BCUT2D eigenvalue weighted by atomic mass is 9.54. The number of hydrogen-bond donors (Lipinski definition) is 3. The third kappa shape index (κ3) is 4.03. The van der Waals surface area contributed by atoms with E-state index in [0.29, 0.717) is 35.9 Å². The summed E-state index contributed by atoms with van der Waals surface area (Å²) in [4.78, 5) is 16.6. The van der Waals surface area contributed by atoms with E-state index < -0.39 is 0 Å². The number of carbonyl (C=O) groups is 1. The van der Waals surface area contributed by atoms with Gasteiger partial charge in [-0.3, -0.25) is 0 Å². The van der Waals surface area contributed by atoms with Gasteiger partial charge in [0.05, 0.1) is 14.2 Å². The third-order valence-electron chi connectivity index (χ3n) is 8.80. The molecule has 4 aliphatic rings. The van der Waals surface area contributed by atoms with Crippen molar-refractivity contribution in [2.45, 2.75) is 44.1 Å². The van der Waals surface area contributed by atoms with Gasteiger partial charge in [-0.15, -0.1) is 0 Å². The molecule has 2 amide bonds. The number of hydrogen-bond acceptors (Lipinski definition) is 3. The van der Waals surface area contributed by atoms with Gasteiger partial charge in [-0.25, -0.2) is 4.79 Å². The number of benzene rings is 2. The van der Waals surface area contributed by atoms with Crippen molar-refractivity contribution in [1.82, 2.24) is 15.6 Å². The first-order chi connectivity index (χ1) is 17.1. The molecule has 6 heteroatoms. The van der Waals surface area contributed by atoms with Crippen LogP contribution in [0.4, 0.5) is 4.79 Å². The molecule has 0 aliphatic heterocycles. The van der Waals surface area contributed by atoms with Crippen molar-refractivity contribution in [2.24, 2.45) is 23.7 Å². The van der Waals surface area contributed by atoms with E-state index in [9.17, 15) is 4.79 Å². The fraction of sp³-hybridized carbons (Fsp3) is 0.483. The monoisotopic (exact) mass is 473 g/mol. The lowest BCUT2D eigenvalue weighted by Crippen LogP contribution is -2.57. The molecule has 7 rings (SSSR count). The van der Waals surface area contributed by atoms with Crippen LogP contribution in [0, 0.1) is 23.7 Å². The fourth-order valence-electron chi connectivity index (χ4n) is 7.51. The molecular formula is C29H35N3O3. The smallest absolute Gasteiger partial charge is 0.315 e. The first-order valence-corrected chi connectivity index (χ1v) is 13.0. The van der Waals surface area contributed by atoms with Crippen LogP contribution in [-0.2, 0) is 0 Å². The van der Waals surface area contributed by atoms with E-state index in [0.717, 1.165) is 33.9 Å². The van der Waals surface area contributed by atoms with Crippen molar-refractivity contribution in [3.05, 3.63) is 59.8 Å². The van der Waals surface area contributed by atoms with Gasteiger partial charge >= 0.3 is 6.03 Å². The Bertz CT molecular complexity index is 1190. The number of H-pyrrole nitrogens is 1. The maximum absolute atomic E-state index is 13.2. The van der Waals surface area contributed by atoms with Crippen LogP contribution < -0.4 is 20.1 Å². The molecule has 4 aliphatic carbocycles. The zero-order valence-electron chi connectivity index (χ0n) is 20.6. The molecular weight excluding hydrogens is 438 g/mol.